The van der Waals surface area contributed by atoms with E-state index < -0.39 is 11.4 Å². The number of anilines is 1. The Morgan fingerprint density at radius 1 is 1.16 bits per heavy atom. The van der Waals surface area contributed by atoms with Crippen LogP contribution in [0.15, 0.2) is 47.8 Å². The zero-order chi connectivity index (χ0) is 27.2. The monoisotopic (exact) mass is 553 g/mol. The number of hydrogen-bond donors (Lipinski definition) is 0. The highest BCUT2D eigenvalue weighted by Gasteiger charge is 2.32. The number of thioether (sulfide) groups is 1. The quantitative estimate of drug-likeness (QED) is 0.204. The van der Waals surface area contributed by atoms with Crippen LogP contribution < -0.4 is 4.90 Å². The molecule has 3 heterocycles. The predicted octanol–water partition coefficient (Wildman–Crippen LogP) is 6.81. The van der Waals surface area contributed by atoms with Gasteiger partial charge in [-0.05, 0) is 45.4 Å². The molecule has 4 aromatic rings. The Morgan fingerprint density at radius 2 is 1.89 bits per heavy atom. The van der Waals surface area contributed by atoms with Gasteiger partial charge in [0.2, 0.25) is 0 Å². The number of carbonyl (C=O) groups is 1. The van der Waals surface area contributed by atoms with E-state index in [2.05, 4.69) is 14.9 Å². The minimum absolute atomic E-state index is 0.0799. The first-order valence-corrected chi connectivity index (χ1v) is 14.0. The van der Waals surface area contributed by atoms with Gasteiger partial charge in [0.15, 0.2) is 11.0 Å². The van der Waals surface area contributed by atoms with E-state index >= 15 is 4.39 Å². The molecule has 0 bridgehead atoms. The van der Waals surface area contributed by atoms with Gasteiger partial charge in [-0.2, -0.15) is 0 Å². The molecule has 1 atom stereocenters. The molecule has 1 fully saturated rings. The summed E-state index contributed by atoms with van der Waals surface area (Å²) in [4.78, 5) is 30.3. The van der Waals surface area contributed by atoms with Crippen LogP contribution in [0, 0.1) is 5.82 Å². The molecule has 2 aromatic carbocycles. The van der Waals surface area contributed by atoms with Crippen LogP contribution in [-0.2, 0) is 4.74 Å². The van der Waals surface area contributed by atoms with E-state index in [9.17, 15) is 4.79 Å². The Labute approximate surface area is 230 Å². The molecule has 1 unspecified atom stereocenters. The normalized spacial score (nSPS) is 16.3. The zero-order valence-electron chi connectivity index (χ0n) is 22.0. The molecule has 0 radical (unpaired) electrons. The van der Waals surface area contributed by atoms with E-state index in [0.29, 0.717) is 46.6 Å². The Bertz CT molecular complexity index is 1540. The maximum absolute atomic E-state index is 16.2. The van der Waals surface area contributed by atoms with Gasteiger partial charge in [0.1, 0.15) is 22.6 Å². The van der Waals surface area contributed by atoms with Crippen LogP contribution in [0.4, 0.5) is 15.0 Å². The molecule has 5 rings (SSSR count). The summed E-state index contributed by atoms with van der Waals surface area (Å²) >= 11 is 7.87. The van der Waals surface area contributed by atoms with Crippen molar-refractivity contribution in [2.24, 2.45) is 0 Å². The fourth-order valence-corrected chi connectivity index (χ4v) is 5.42. The predicted molar refractivity (Wildman–Crippen MR) is 152 cm³/mol. The highest BCUT2D eigenvalue weighted by Crippen LogP contribution is 2.37. The SMILES string of the molecule is CSc1nc(N2CCN(C(=O)OC(C)(C)C)CC2C)c2cnc(-c3cccc4cccc(Cl)c34)c(F)c2n1. The molecular formula is C28H29ClFN5O2S. The van der Waals surface area contributed by atoms with Gasteiger partial charge in [-0.1, -0.05) is 53.7 Å². The van der Waals surface area contributed by atoms with Crippen molar-refractivity contribution in [3.63, 3.8) is 0 Å². The number of rotatable bonds is 3. The molecule has 10 heteroatoms. The van der Waals surface area contributed by atoms with Crippen LogP contribution in [0.5, 0.6) is 0 Å². The lowest BCUT2D eigenvalue weighted by molar-refractivity contribution is 0.0218. The molecule has 0 N–H and O–H groups in total. The van der Waals surface area contributed by atoms with Crippen molar-refractivity contribution in [1.82, 2.24) is 19.9 Å². The minimum atomic E-state index is -0.567. The fourth-order valence-electron chi connectivity index (χ4n) is 4.78. The number of piperazine rings is 1. The lowest BCUT2D eigenvalue weighted by Crippen LogP contribution is -2.55. The third-order valence-electron chi connectivity index (χ3n) is 6.49. The van der Waals surface area contributed by atoms with Gasteiger partial charge in [-0.3, -0.25) is 4.98 Å². The Kier molecular flexibility index (Phi) is 7.09. The maximum Gasteiger partial charge on any atom is 0.410 e. The second kappa shape index (κ2) is 10.2. The van der Waals surface area contributed by atoms with Crippen LogP contribution in [0.2, 0.25) is 5.02 Å². The van der Waals surface area contributed by atoms with Gasteiger partial charge in [0.25, 0.3) is 0 Å². The van der Waals surface area contributed by atoms with E-state index in [1.54, 1.807) is 17.2 Å². The van der Waals surface area contributed by atoms with E-state index in [4.69, 9.17) is 21.3 Å². The van der Waals surface area contributed by atoms with E-state index in [1.807, 2.05) is 64.3 Å². The largest absolute Gasteiger partial charge is 0.444 e. The smallest absolute Gasteiger partial charge is 0.410 e. The first-order valence-electron chi connectivity index (χ1n) is 12.4. The molecule has 7 nitrogen and oxygen atoms in total. The zero-order valence-corrected chi connectivity index (χ0v) is 23.5. The molecule has 0 saturated carbocycles. The van der Waals surface area contributed by atoms with Crippen molar-refractivity contribution >= 4 is 56.9 Å². The van der Waals surface area contributed by atoms with Crippen LogP contribution in [0.1, 0.15) is 27.7 Å². The minimum Gasteiger partial charge on any atom is -0.444 e. The second-order valence-electron chi connectivity index (χ2n) is 10.3. The van der Waals surface area contributed by atoms with Crippen LogP contribution in [0.3, 0.4) is 0 Å². The highest BCUT2D eigenvalue weighted by atomic mass is 35.5. The first kappa shape index (κ1) is 26.4. The van der Waals surface area contributed by atoms with E-state index in [-0.39, 0.29) is 23.3 Å². The van der Waals surface area contributed by atoms with Crippen LogP contribution in [-0.4, -0.2) is 63.5 Å². The van der Waals surface area contributed by atoms with Gasteiger partial charge in [-0.15, -0.1) is 0 Å². The summed E-state index contributed by atoms with van der Waals surface area (Å²) in [6, 6.07) is 11.1. The molecule has 0 spiro atoms. The average Bonchev–Trinajstić information content (AvgIpc) is 2.87. The Morgan fingerprint density at radius 3 is 2.58 bits per heavy atom. The average molecular weight is 554 g/mol. The number of fused-ring (bicyclic) bond motifs is 2. The van der Waals surface area contributed by atoms with Gasteiger partial charge in [0, 0.05) is 47.8 Å². The number of halogens is 2. The van der Waals surface area contributed by atoms with Crippen LogP contribution in [0.25, 0.3) is 32.9 Å². The van der Waals surface area contributed by atoms with Crippen molar-refractivity contribution in [3.05, 3.63) is 53.4 Å². The van der Waals surface area contributed by atoms with Gasteiger partial charge in [-0.25, -0.2) is 19.2 Å². The number of benzene rings is 2. The number of carbonyl (C=O) groups excluding carboxylic acids is 1. The second-order valence-corrected chi connectivity index (χ2v) is 11.5. The lowest BCUT2D eigenvalue weighted by Gasteiger charge is -2.41. The topological polar surface area (TPSA) is 71.5 Å². The number of ether oxygens (including phenoxy) is 1. The van der Waals surface area contributed by atoms with E-state index in [0.717, 1.165) is 10.8 Å². The molecule has 198 valence electrons. The van der Waals surface area contributed by atoms with Crippen molar-refractivity contribution in [3.8, 4) is 11.3 Å². The van der Waals surface area contributed by atoms with E-state index in [1.165, 1.54) is 11.8 Å². The molecule has 1 aliphatic rings. The number of hydrogen-bond acceptors (Lipinski definition) is 7. The van der Waals surface area contributed by atoms with Crippen molar-refractivity contribution < 1.29 is 13.9 Å². The summed E-state index contributed by atoms with van der Waals surface area (Å²) < 4.78 is 21.8. The van der Waals surface area contributed by atoms with Crippen LogP contribution >= 0.6 is 23.4 Å². The lowest BCUT2D eigenvalue weighted by atomic mass is 10.0. The Balaban J connectivity index is 1.56. The third kappa shape index (κ3) is 4.97. The Hall–Kier alpha value is -3.17. The molecule has 38 heavy (non-hydrogen) atoms. The number of nitrogens with zero attached hydrogens (tertiary/aromatic N) is 5. The molecular weight excluding hydrogens is 525 g/mol. The maximum atomic E-state index is 16.2. The molecule has 2 aromatic heterocycles. The van der Waals surface area contributed by atoms with Crippen molar-refractivity contribution in [2.45, 2.75) is 44.5 Å². The molecule has 1 saturated heterocycles. The fraction of sp³-hybridized carbons (Fsp3) is 0.357. The summed E-state index contributed by atoms with van der Waals surface area (Å²) in [5.74, 6) is 0.0819. The first-order chi connectivity index (χ1) is 18.1. The third-order valence-corrected chi connectivity index (χ3v) is 7.35. The number of aromatic nitrogens is 3. The summed E-state index contributed by atoms with van der Waals surface area (Å²) in [6.07, 6.45) is 3.15. The number of pyridine rings is 1. The summed E-state index contributed by atoms with van der Waals surface area (Å²) in [6.45, 7) is 9.00. The summed E-state index contributed by atoms with van der Waals surface area (Å²) in [7, 11) is 0. The van der Waals surface area contributed by atoms with Gasteiger partial charge >= 0.3 is 6.09 Å². The number of amides is 1. The van der Waals surface area contributed by atoms with Gasteiger partial charge < -0.3 is 14.5 Å². The summed E-state index contributed by atoms with van der Waals surface area (Å²) in [5, 5.41) is 3.16. The highest BCUT2D eigenvalue weighted by molar-refractivity contribution is 7.98. The molecule has 0 aliphatic carbocycles. The van der Waals surface area contributed by atoms with Gasteiger partial charge in [0.05, 0.1) is 5.39 Å². The van der Waals surface area contributed by atoms with Crippen molar-refractivity contribution in [2.75, 3.05) is 30.8 Å². The van der Waals surface area contributed by atoms with Crippen molar-refractivity contribution in [1.29, 1.82) is 0 Å². The molecule has 1 amide bonds. The standard InChI is InChI=1S/C28H29ClFN5O2S/c1-16-15-34(27(36)37-28(2,3)4)12-13-35(16)25-19-14-31-23(22(30)24(19)32-26(33-25)38-5)18-10-6-8-17-9-7-11-20(29)21(17)18/h6-11,14,16H,12-13,15H2,1-5H3. The molecule has 1 aliphatic heterocycles. The summed E-state index contributed by atoms with van der Waals surface area (Å²) in [5.41, 5.74) is 0.437.